The number of rotatable bonds is 3. The quantitative estimate of drug-likeness (QED) is 0.502. The second-order valence-electron chi connectivity index (χ2n) is 8.98. The molecule has 6 heteroatoms. The largest absolute Gasteiger partial charge is 0.425 e. The van der Waals surface area contributed by atoms with Gasteiger partial charge in [-0.05, 0) is 67.7 Å². The smallest absolute Gasteiger partial charge is 0.331 e. The van der Waals surface area contributed by atoms with Crippen molar-refractivity contribution in [3.63, 3.8) is 0 Å². The van der Waals surface area contributed by atoms with E-state index >= 15 is 0 Å². The first-order chi connectivity index (χ1) is 12.5. The molecule has 3 rings (SSSR count). The van der Waals surface area contributed by atoms with Gasteiger partial charge >= 0.3 is 12.0 Å². The molecule has 2 atom stereocenters. The van der Waals surface area contributed by atoms with Crippen LogP contribution in [0.15, 0.2) is 18.2 Å². The average Bonchev–Trinajstić information content (AvgIpc) is 2.72. The molecule has 1 aromatic carbocycles. The Morgan fingerprint density at radius 2 is 1.93 bits per heavy atom. The molecule has 1 N–H and O–H groups in total. The van der Waals surface area contributed by atoms with Gasteiger partial charge < -0.3 is 10.1 Å². The number of carbonyl (C=O) groups is 3. The molecular formula is C21H28N2O4. The highest BCUT2D eigenvalue weighted by Gasteiger charge is 2.56. The van der Waals surface area contributed by atoms with Crippen LogP contribution in [0.3, 0.4) is 0 Å². The minimum atomic E-state index is -0.904. The minimum Gasteiger partial charge on any atom is -0.425 e. The van der Waals surface area contributed by atoms with Gasteiger partial charge in [0.15, 0.2) is 0 Å². The van der Waals surface area contributed by atoms with Crippen LogP contribution in [0.4, 0.5) is 4.79 Å². The highest BCUT2D eigenvalue weighted by Crippen LogP contribution is 2.46. The maximum absolute atomic E-state index is 13.0. The van der Waals surface area contributed by atoms with E-state index in [4.69, 9.17) is 4.74 Å². The molecule has 2 fully saturated rings. The molecule has 146 valence electrons. The van der Waals surface area contributed by atoms with Crippen molar-refractivity contribution in [2.45, 2.75) is 59.4 Å². The van der Waals surface area contributed by atoms with E-state index in [-0.39, 0.29) is 17.9 Å². The maximum Gasteiger partial charge on any atom is 0.331 e. The third kappa shape index (κ3) is 3.84. The highest BCUT2D eigenvalue weighted by molar-refractivity contribution is 6.08. The number of esters is 1. The van der Waals surface area contributed by atoms with Crippen LogP contribution >= 0.6 is 0 Å². The van der Waals surface area contributed by atoms with Crippen LogP contribution in [0, 0.1) is 25.2 Å². The number of hydrogen-bond acceptors (Lipinski definition) is 4. The van der Waals surface area contributed by atoms with E-state index < -0.39 is 17.5 Å². The normalized spacial score (nSPS) is 27.0. The third-order valence-corrected chi connectivity index (χ3v) is 5.62. The number of ether oxygens (including phenoxy) is 1. The SMILES string of the molecule is Cc1ccc(OC(=O)CN2C(=O)N[C@@]3(C[C@@H](C)CC(C)(C)C3)C2=O)cc1C. The van der Waals surface area contributed by atoms with Crippen LogP contribution in [0.5, 0.6) is 5.75 Å². The van der Waals surface area contributed by atoms with Crippen LogP contribution in [-0.2, 0) is 9.59 Å². The summed E-state index contributed by atoms with van der Waals surface area (Å²) in [5.74, 6) is -0.205. The predicted molar refractivity (Wildman–Crippen MR) is 101 cm³/mol. The van der Waals surface area contributed by atoms with Crippen LogP contribution < -0.4 is 10.1 Å². The Bertz CT molecular complexity index is 801. The molecule has 0 radical (unpaired) electrons. The number of aryl methyl sites for hydroxylation is 2. The lowest BCUT2D eigenvalue weighted by atomic mass is 9.64. The number of amides is 3. The van der Waals surface area contributed by atoms with Crippen LogP contribution in [0.25, 0.3) is 0 Å². The molecule has 1 aromatic rings. The molecule has 2 aliphatic rings. The zero-order valence-electron chi connectivity index (χ0n) is 16.7. The van der Waals surface area contributed by atoms with Crippen molar-refractivity contribution in [2.24, 2.45) is 11.3 Å². The van der Waals surface area contributed by atoms with Crippen LogP contribution in [0.2, 0.25) is 0 Å². The fourth-order valence-electron chi connectivity index (χ4n) is 4.72. The molecule has 1 aliphatic heterocycles. The third-order valence-electron chi connectivity index (χ3n) is 5.62. The standard InChI is InChI=1S/C21H28N2O4/c1-13-9-20(4,5)12-21(10-13)18(25)23(19(26)22-21)11-17(24)27-16-7-6-14(2)15(3)8-16/h6-8,13H,9-12H2,1-5H3,(H,22,26)/t13-,21+/m0/s1. The van der Waals surface area contributed by atoms with E-state index in [1.54, 1.807) is 12.1 Å². The molecule has 1 heterocycles. The average molecular weight is 372 g/mol. The number of imide groups is 1. The van der Waals surface area contributed by atoms with Crippen molar-refractivity contribution < 1.29 is 19.1 Å². The Labute approximate surface area is 160 Å². The van der Waals surface area contributed by atoms with E-state index in [9.17, 15) is 14.4 Å². The fraction of sp³-hybridized carbons (Fsp3) is 0.571. The molecule has 0 aromatic heterocycles. The summed E-state index contributed by atoms with van der Waals surface area (Å²) in [5, 5.41) is 2.87. The lowest BCUT2D eigenvalue weighted by Gasteiger charge is -2.43. The predicted octanol–water partition coefficient (Wildman–Crippen LogP) is 3.35. The van der Waals surface area contributed by atoms with Crippen molar-refractivity contribution in [3.8, 4) is 5.75 Å². The Hall–Kier alpha value is -2.37. The molecular weight excluding hydrogens is 344 g/mol. The summed E-state index contributed by atoms with van der Waals surface area (Å²) >= 11 is 0. The van der Waals surface area contributed by atoms with E-state index in [0.717, 1.165) is 22.4 Å². The summed E-state index contributed by atoms with van der Waals surface area (Å²) in [7, 11) is 0. The monoisotopic (exact) mass is 372 g/mol. The number of carbonyl (C=O) groups excluding carboxylic acids is 3. The first-order valence-electron chi connectivity index (χ1n) is 9.43. The van der Waals surface area contributed by atoms with Gasteiger partial charge in [-0.25, -0.2) is 9.59 Å². The lowest BCUT2D eigenvalue weighted by Crippen LogP contribution is -2.54. The van der Waals surface area contributed by atoms with Crippen molar-refractivity contribution in [2.75, 3.05) is 6.54 Å². The first kappa shape index (κ1) is 19.4. The topological polar surface area (TPSA) is 75.7 Å². The summed E-state index contributed by atoms with van der Waals surface area (Å²) in [5.41, 5.74) is 1.16. The Kier molecular flexibility index (Phi) is 4.78. The Balaban J connectivity index is 1.72. The van der Waals surface area contributed by atoms with Gasteiger partial charge in [0.1, 0.15) is 17.8 Å². The Morgan fingerprint density at radius 1 is 1.22 bits per heavy atom. The molecule has 6 nitrogen and oxygen atoms in total. The summed E-state index contributed by atoms with van der Waals surface area (Å²) < 4.78 is 5.33. The lowest BCUT2D eigenvalue weighted by molar-refractivity contribution is -0.142. The Morgan fingerprint density at radius 3 is 2.56 bits per heavy atom. The number of benzene rings is 1. The zero-order chi connectivity index (χ0) is 20.0. The summed E-state index contributed by atoms with van der Waals surface area (Å²) in [4.78, 5) is 38.8. The molecule has 0 unspecified atom stereocenters. The summed E-state index contributed by atoms with van der Waals surface area (Å²) in [6.45, 7) is 9.84. The molecule has 1 aliphatic carbocycles. The molecule has 1 spiro atoms. The van der Waals surface area contributed by atoms with Gasteiger partial charge in [0.05, 0.1) is 0 Å². The van der Waals surface area contributed by atoms with E-state index in [1.165, 1.54) is 0 Å². The number of hydrogen-bond donors (Lipinski definition) is 1. The van der Waals surface area contributed by atoms with Crippen LogP contribution in [-0.4, -0.2) is 34.9 Å². The number of nitrogens with zero attached hydrogens (tertiary/aromatic N) is 1. The van der Waals surface area contributed by atoms with E-state index in [1.807, 2.05) is 19.9 Å². The van der Waals surface area contributed by atoms with Gasteiger partial charge in [-0.3, -0.25) is 9.69 Å². The van der Waals surface area contributed by atoms with Crippen molar-refractivity contribution in [1.29, 1.82) is 0 Å². The van der Waals surface area contributed by atoms with E-state index in [2.05, 4.69) is 26.1 Å². The zero-order valence-corrected chi connectivity index (χ0v) is 16.7. The number of urea groups is 1. The van der Waals surface area contributed by atoms with Crippen molar-refractivity contribution in [1.82, 2.24) is 10.2 Å². The fourth-order valence-corrected chi connectivity index (χ4v) is 4.72. The summed E-state index contributed by atoms with van der Waals surface area (Å²) in [6.07, 6.45) is 2.19. The van der Waals surface area contributed by atoms with Crippen molar-refractivity contribution >= 4 is 17.9 Å². The number of nitrogens with one attached hydrogen (secondary N) is 1. The molecule has 1 saturated heterocycles. The second-order valence-corrected chi connectivity index (χ2v) is 8.98. The highest BCUT2D eigenvalue weighted by atomic mass is 16.5. The summed E-state index contributed by atoms with van der Waals surface area (Å²) in [6, 6.07) is 4.83. The van der Waals surface area contributed by atoms with Gasteiger partial charge in [-0.2, -0.15) is 0 Å². The van der Waals surface area contributed by atoms with Gasteiger partial charge in [0, 0.05) is 0 Å². The van der Waals surface area contributed by atoms with Gasteiger partial charge in [-0.15, -0.1) is 0 Å². The molecule has 0 bridgehead atoms. The second kappa shape index (κ2) is 6.66. The van der Waals surface area contributed by atoms with Gasteiger partial charge in [0.2, 0.25) is 0 Å². The van der Waals surface area contributed by atoms with E-state index in [0.29, 0.717) is 24.5 Å². The molecule has 3 amide bonds. The van der Waals surface area contributed by atoms with Crippen LogP contribution in [0.1, 0.15) is 51.2 Å². The van der Waals surface area contributed by atoms with Crippen molar-refractivity contribution in [3.05, 3.63) is 29.3 Å². The molecule has 1 saturated carbocycles. The first-order valence-corrected chi connectivity index (χ1v) is 9.43. The molecule has 27 heavy (non-hydrogen) atoms. The van der Waals surface area contributed by atoms with Gasteiger partial charge in [-0.1, -0.05) is 26.8 Å². The minimum absolute atomic E-state index is 0.0451. The maximum atomic E-state index is 13.0. The van der Waals surface area contributed by atoms with Gasteiger partial charge in [0.25, 0.3) is 5.91 Å².